The minimum absolute atomic E-state index is 0.449. The Hall–Kier alpha value is -2.60. The SMILES string of the molecule is Cc1ccc(/C=N/n2c(-c3ccncc3)n[nH]c2=S)cc1. The van der Waals surface area contributed by atoms with Crippen molar-refractivity contribution in [1.82, 2.24) is 19.9 Å². The molecule has 0 aliphatic heterocycles. The number of pyridine rings is 1. The monoisotopic (exact) mass is 295 g/mol. The van der Waals surface area contributed by atoms with Crippen molar-refractivity contribution in [2.45, 2.75) is 6.92 Å². The molecule has 0 aliphatic rings. The Kier molecular flexibility index (Phi) is 3.70. The van der Waals surface area contributed by atoms with E-state index in [0.717, 1.165) is 11.1 Å². The maximum atomic E-state index is 5.22. The third kappa shape index (κ3) is 2.95. The predicted octanol–water partition coefficient (Wildman–Crippen LogP) is 3.19. The highest BCUT2D eigenvalue weighted by molar-refractivity contribution is 7.71. The van der Waals surface area contributed by atoms with Crippen LogP contribution in [-0.2, 0) is 0 Å². The van der Waals surface area contributed by atoms with Crippen LogP contribution >= 0.6 is 12.2 Å². The molecule has 0 amide bonds. The van der Waals surface area contributed by atoms with Crippen LogP contribution in [0.15, 0.2) is 53.9 Å². The number of H-pyrrole nitrogens is 1. The van der Waals surface area contributed by atoms with Gasteiger partial charge < -0.3 is 0 Å². The molecule has 1 aromatic carbocycles. The largest absolute Gasteiger partial charge is 0.265 e. The van der Waals surface area contributed by atoms with E-state index in [1.807, 2.05) is 36.4 Å². The van der Waals surface area contributed by atoms with Gasteiger partial charge >= 0.3 is 0 Å². The maximum Gasteiger partial charge on any atom is 0.216 e. The van der Waals surface area contributed by atoms with Gasteiger partial charge in [-0.25, -0.2) is 5.10 Å². The molecule has 6 heteroatoms. The fourth-order valence-electron chi connectivity index (χ4n) is 1.86. The van der Waals surface area contributed by atoms with Crippen molar-refractivity contribution in [2.75, 3.05) is 0 Å². The number of benzene rings is 1. The summed E-state index contributed by atoms with van der Waals surface area (Å²) >= 11 is 5.22. The number of rotatable bonds is 3. The van der Waals surface area contributed by atoms with Crippen molar-refractivity contribution < 1.29 is 0 Å². The molecule has 104 valence electrons. The zero-order valence-electron chi connectivity index (χ0n) is 11.4. The van der Waals surface area contributed by atoms with Crippen molar-refractivity contribution in [3.05, 3.63) is 64.7 Å². The van der Waals surface area contributed by atoms with E-state index >= 15 is 0 Å². The maximum absolute atomic E-state index is 5.22. The van der Waals surface area contributed by atoms with Gasteiger partial charge in [-0.2, -0.15) is 14.9 Å². The minimum Gasteiger partial charge on any atom is -0.265 e. The first-order chi connectivity index (χ1) is 10.2. The van der Waals surface area contributed by atoms with Crippen LogP contribution in [0, 0.1) is 11.7 Å². The molecule has 0 atom stereocenters. The van der Waals surface area contributed by atoms with E-state index in [1.54, 1.807) is 23.3 Å². The Balaban J connectivity index is 1.98. The number of aromatic nitrogens is 4. The van der Waals surface area contributed by atoms with Crippen molar-refractivity contribution >= 4 is 18.4 Å². The van der Waals surface area contributed by atoms with Crippen LogP contribution in [0.2, 0.25) is 0 Å². The van der Waals surface area contributed by atoms with Gasteiger partial charge in [-0.05, 0) is 36.8 Å². The third-order valence-corrected chi connectivity index (χ3v) is 3.25. The number of hydrogen-bond acceptors (Lipinski definition) is 4. The second-order valence-electron chi connectivity index (χ2n) is 4.56. The Bertz CT molecular complexity index is 815. The molecular weight excluding hydrogens is 282 g/mol. The molecule has 0 spiro atoms. The summed E-state index contributed by atoms with van der Waals surface area (Å²) in [6.07, 6.45) is 5.18. The Labute approximate surface area is 127 Å². The van der Waals surface area contributed by atoms with Gasteiger partial charge in [-0.3, -0.25) is 4.98 Å². The quantitative estimate of drug-likeness (QED) is 0.596. The molecule has 21 heavy (non-hydrogen) atoms. The first-order valence-electron chi connectivity index (χ1n) is 6.43. The van der Waals surface area contributed by atoms with E-state index in [1.165, 1.54) is 5.56 Å². The highest BCUT2D eigenvalue weighted by atomic mass is 32.1. The summed E-state index contributed by atoms with van der Waals surface area (Å²) < 4.78 is 2.05. The molecule has 0 aliphatic carbocycles. The average Bonchev–Trinajstić information content (AvgIpc) is 2.89. The molecule has 1 N–H and O–H groups in total. The lowest BCUT2D eigenvalue weighted by atomic mass is 10.2. The topological polar surface area (TPSA) is 58.9 Å². The van der Waals surface area contributed by atoms with Crippen molar-refractivity contribution in [1.29, 1.82) is 0 Å². The van der Waals surface area contributed by atoms with Crippen molar-refractivity contribution in [3.63, 3.8) is 0 Å². The molecule has 2 heterocycles. The summed E-state index contributed by atoms with van der Waals surface area (Å²) in [6, 6.07) is 11.8. The van der Waals surface area contributed by atoms with Gasteiger partial charge in [0.25, 0.3) is 0 Å². The number of nitrogens with zero attached hydrogens (tertiary/aromatic N) is 4. The van der Waals surface area contributed by atoms with Crippen LogP contribution in [0.25, 0.3) is 11.4 Å². The number of aromatic amines is 1. The zero-order valence-corrected chi connectivity index (χ0v) is 12.2. The van der Waals surface area contributed by atoms with Gasteiger partial charge in [0.15, 0.2) is 5.82 Å². The molecule has 0 fully saturated rings. The van der Waals surface area contributed by atoms with Gasteiger partial charge in [0.1, 0.15) is 0 Å². The normalized spacial score (nSPS) is 11.1. The lowest BCUT2D eigenvalue weighted by molar-refractivity contribution is 0.871. The molecule has 3 aromatic rings. The highest BCUT2D eigenvalue weighted by Gasteiger charge is 2.07. The third-order valence-electron chi connectivity index (χ3n) is 2.99. The van der Waals surface area contributed by atoms with E-state index in [-0.39, 0.29) is 0 Å². The van der Waals surface area contributed by atoms with E-state index < -0.39 is 0 Å². The number of hydrogen-bond donors (Lipinski definition) is 1. The summed E-state index contributed by atoms with van der Waals surface area (Å²) in [5.74, 6) is 0.658. The number of aryl methyl sites for hydroxylation is 1. The summed E-state index contributed by atoms with van der Waals surface area (Å²) in [5, 5.41) is 11.4. The highest BCUT2D eigenvalue weighted by Crippen LogP contribution is 2.15. The Morgan fingerprint density at radius 3 is 2.57 bits per heavy atom. The molecule has 5 nitrogen and oxygen atoms in total. The Morgan fingerprint density at radius 2 is 1.86 bits per heavy atom. The smallest absolute Gasteiger partial charge is 0.216 e. The van der Waals surface area contributed by atoms with Crippen molar-refractivity contribution in [3.8, 4) is 11.4 Å². The summed E-state index contributed by atoms with van der Waals surface area (Å²) in [5.41, 5.74) is 3.12. The van der Waals surface area contributed by atoms with Crippen molar-refractivity contribution in [2.24, 2.45) is 5.10 Å². The van der Waals surface area contributed by atoms with Crippen LogP contribution in [0.1, 0.15) is 11.1 Å². The molecule has 3 rings (SSSR count). The molecule has 0 saturated carbocycles. The minimum atomic E-state index is 0.449. The zero-order chi connectivity index (χ0) is 14.7. The van der Waals surface area contributed by atoms with Gasteiger partial charge in [-0.1, -0.05) is 29.8 Å². The Morgan fingerprint density at radius 1 is 1.14 bits per heavy atom. The summed E-state index contributed by atoms with van der Waals surface area (Å²) in [6.45, 7) is 2.05. The van der Waals surface area contributed by atoms with Gasteiger partial charge in [-0.15, -0.1) is 0 Å². The van der Waals surface area contributed by atoms with Crippen LogP contribution in [-0.4, -0.2) is 26.1 Å². The predicted molar refractivity (Wildman–Crippen MR) is 84.8 cm³/mol. The lowest BCUT2D eigenvalue weighted by Crippen LogP contribution is -1.95. The molecule has 0 unspecified atom stereocenters. The van der Waals surface area contributed by atoms with Crippen LogP contribution < -0.4 is 0 Å². The second kappa shape index (κ2) is 5.80. The summed E-state index contributed by atoms with van der Waals surface area (Å²) in [4.78, 5) is 4.00. The standard InChI is InChI=1S/C15H13N5S/c1-11-2-4-12(5-3-11)10-17-20-14(18-19-15(20)21)13-6-8-16-9-7-13/h2-10H,1H3,(H,19,21)/b17-10+. The van der Waals surface area contributed by atoms with E-state index in [0.29, 0.717) is 10.6 Å². The van der Waals surface area contributed by atoms with Crippen LogP contribution in [0.5, 0.6) is 0 Å². The van der Waals surface area contributed by atoms with Gasteiger partial charge in [0, 0.05) is 18.0 Å². The summed E-state index contributed by atoms with van der Waals surface area (Å²) in [7, 11) is 0. The second-order valence-corrected chi connectivity index (χ2v) is 4.94. The van der Waals surface area contributed by atoms with Gasteiger partial charge in [0.05, 0.1) is 6.21 Å². The first-order valence-corrected chi connectivity index (χ1v) is 6.84. The van der Waals surface area contributed by atoms with Crippen LogP contribution in [0.4, 0.5) is 0 Å². The van der Waals surface area contributed by atoms with E-state index in [4.69, 9.17) is 12.2 Å². The van der Waals surface area contributed by atoms with Crippen LogP contribution in [0.3, 0.4) is 0 Å². The molecular formula is C15H13N5S. The molecule has 2 aromatic heterocycles. The fourth-order valence-corrected chi connectivity index (χ4v) is 2.04. The molecule has 0 saturated heterocycles. The average molecular weight is 295 g/mol. The van der Waals surface area contributed by atoms with E-state index in [2.05, 4.69) is 27.2 Å². The molecule has 0 bridgehead atoms. The van der Waals surface area contributed by atoms with Gasteiger partial charge in [0.2, 0.25) is 4.77 Å². The fraction of sp³-hybridized carbons (Fsp3) is 0.0667. The van der Waals surface area contributed by atoms with E-state index in [9.17, 15) is 0 Å². The lowest BCUT2D eigenvalue weighted by Gasteiger charge is -2.00. The first kappa shape index (κ1) is 13.4. The number of nitrogens with one attached hydrogen (secondary N) is 1. The molecule has 0 radical (unpaired) electrons.